The molecule has 1 heterocycles. The molecule has 0 saturated carbocycles. The molecule has 2 aromatic carbocycles. The van der Waals surface area contributed by atoms with Gasteiger partial charge in [-0.15, -0.1) is 0 Å². The molecule has 0 saturated heterocycles. The summed E-state index contributed by atoms with van der Waals surface area (Å²) in [5.41, 5.74) is 11.8. The molecule has 234 valence electrons. The van der Waals surface area contributed by atoms with E-state index in [1.165, 1.54) is 0 Å². The van der Waals surface area contributed by atoms with Gasteiger partial charge in [0.2, 0.25) is 0 Å². The number of nitrogens with one attached hydrogen (secondary N) is 2. The first-order chi connectivity index (χ1) is 21.4. The van der Waals surface area contributed by atoms with Crippen molar-refractivity contribution in [3.05, 3.63) is 70.6 Å². The van der Waals surface area contributed by atoms with Gasteiger partial charge in [-0.1, -0.05) is 18.2 Å². The van der Waals surface area contributed by atoms with Gasteiger partial charge in [-0.05, 0) is 62.6 Å². The minimum Gasteiger partial charge on any atom is -0.456 e. The van der Waals surface area contributed by atoms with Crippen LogP contribution in [0.1, 0.15) is 35.3 Å². The van der Waals surface area contributed by atoms with Gasteiger partial charge in [-0.3, -0.25) is 9.79 Å². The summed E-state index contributed by atoms with van der Waals surface area (Å²) < 4.78 is 22.6. The number of nitrogens with zero attached hydrogens (tertiary/aromatic N) is 1. The highest BCUT2D eigenvalue weighted by molar-refractivity contribution is 6.08. The van der Waals surface area contributed by atoms with E-state index in [0.717, 1.165) is 45.2 Å². The molecule has 44 heavy (non-hydrogen) atoms. The first kappa shape index (κ1) is 32.7. The van der Waals surface area contributed by atoms with E-state index in [9.17, 15) is 9.59 Å². The highest BCUT2D eigenvalue weighted by atomic mass is 16.5. The van der Waals surface area contributed by atoms with Crippen LogP contribution in [0.2, 0.25) is 0 Å². The van der Waals surface area contributed by atoms with Gasteiger partial charge >= 0.3 is 5.97 Å². The van der Waals surface area contributed by atoms with Crippen LogP contribution in [0.15, 0.2) is 57.9 Å². The molecule has 0 atom stereocenters. The molecule has 10 heteroatoms. The molecule has 0 unspecified atom stereocenters. The Morgan fingerprint density at radius 2 is 1.70 bits per heavy atom. The van der Waals surface area contributed by atoms with E-state index in [4.69, 9.17) is 24.4 Å². The number of ether oxygens (including phenoxy) is 3. The highest BCUT2D eigenvalue weighted by Crippen LogP contribution is 2.43. The van der Waals surface area contributed by atoms with E-state index in [1.54, 1.807) is 12.1 Å². The van der Waals surface area contributed by atoms with Crippen LogP contribution >= 0.6 is 0 Å². The number of aryl methyl sites for hydroxylation is 2. The number of fused-ring (bicyclic) bond motifs is 2. The van der Waals surface area contributed by atoms with Crippen LogP contribution in [0.4, 0.5) is 5.69 Å². The third kappa shape index (κ3) is 8.02. The summed E-state index contributed by atoms with van der Waals surface area (Å²) in [6.07, 6.45) is 0. The smallest absolute Gasteiger partial charge is 0.339 e. The van der Waals surface area contributed by atoms with E-state index in [1.807, 2.05) is 52.0 Å². The summed E-state index contributed by atoms with van der Waals surface area (Å²) in [5, 5.41) is 7.82. The number of hydrogen-bond acceptors (Lipinski definition) is 9. The predicted octanol–water partition coefficient (Wildman–Crippen LogP) is 4.44. The number of rotatable bonds is 15. The minimum absolute atomic E-state index is 0.287. The lowest BCUT2D eigenvalue weighted by Crippen LogP contribution is -2.31. The highest BCUT2D eigenvalue weighted by Gasteiger charge is 2.23. The van der Waals surface area contributed by atoms with Crippen molar-refractivity contribution in [2.24, 2.45) is 10.7 Å². The number of nitrogens with two attached hydrogens (primary N) is 1. The number of anilines is 1. The molecule has 10 nitrogen and oxygen atoms in total. The van der Waals surface area contributed by atoms with E-state index in [0.29, 0.717) is 62.0 Å². The molecule has 0 fully saturated rings. The average Bonchev–Trinajstić information content (AvgIpc) is 3.01. The van der Waals surface area contributed by atoms with Crippen LogP contribution in [0.3, 0.4) is 0 Å². The molecule has 1 aliphatic carbocycles. The van der Waals surface area contributed by atoms with Gasteiger partial charge < -0.3 is 35.0 Å². The zero-order chi connectivity index (χ0) is 31.5. The Morgan fingerprint density at radius 1 is 0.932 bits per heavy atom. The Morgan fingerprint density at radius 3 is 2.45 bits per heavy atom. The lowest BCUT2D eigenvalue weighted by atomic mass is 9.89. The van der Waals surface area contributed by atoms with Gasteiger partial charge in [0.05, 0.1) is 37.3 Å². The van der Waals surface area contributed by atoms with Gasteiger partial charge in [0.25, 0.3) is 5.91 Å². The number of hydrogen-bond donors (Lipinski definition) is 3. The molecule has 0 spiro atoms. The van der Waals surface area contributed by atoms with Crippen LogP contribution in [0.5, 0.6) is 0 Å². The van der Waals surface area contributed by atoms with Crippen LogP contribution in [0.25, 0.3) is 33.4 Å². The largest absolute Gasteiger partial charge is 0.456 e. The molecule has 4 rings (SSSR count). The van der Waals surface area contributed by atoms with Crippen LogP contribution in [-0.2, 0) is 19.0 Å². The van der Waals surface area contributed by atoms with Gasteiger partial charge in [0, 0.05) is 60.5 Å². The van der Waals surface area contributed by atoms with Crippen LogP contribution in [0, 0.1) is 13.8 Å². The fourth-order valence-corrected chi connectivity index (χ4v) is 5.01. The summed E-state index contributed by atoms with van der Waals surface area (Å²) in [6, 6.07) is 15.4. The summed E-state index contributed by atoms with van der Waals surface area (Å²) in [4.78, 5) is 30.5. The van der Waals surface area contributed by atoms with Crippen molar-refractivity contribution in [1.29, 1.82) is 0 Å². The topological polar surface area (TPSA) is 137 Å². The Labute approximate surface area is 257 Å². The number of benzene rings is 3. The minimum atomic E-state index is -0.596. The maximum absolute atomic E-state index is 13.4. The zero-order valence-electron chi connectivity index (χ0n) is 26.0. The Hall–Kier alpha value is -4.25. The van der Waals surface area contributed by atoms with E-state index in [2.05, 4.69) is 27.8 Å². The molecule has 2 aliphatic rings. The molecule has 1 aliphatic heterocycles. The first-order valence-corrected chi connectivity index (χ1v) is 15.0. The van der Waals surface area contributed by atoms with Crippen molar-refractivity contribution in [3.63, 3.8) is 0 Å². The van der Waals surface area contributed by atoms with Crippen molar-refractivity contribution in [2.75, 3.05) is 64.5 Å². The van der Waals surface area contributed by atoms with Gasteiger partial charge in [0.15, 0.2) is 6.61 Å². The molecule has 0 radical (unpaired) electrons. The van der Waals surface area contributed by atoms with Gasteiger partial charge in [-0.25, -0.2) is 4.79 Å². The van der Waals surface area contributed by atoms with E-state index < -0.39 is 18.5 Å². The van der Waals surface area contributed by atoms with Gasteiger partial charge in [-0.2, -0.15) is 0 Å². The monoisotopic (exact) mass is 602 g/mol. The van der Waals surface area contributed by atoms with Crippen LogP contribution < -0.4 is 21.7 Å². The average molecular weight is 603 g/mol. The van der Waals surface area contributed by atoms with Crippen molar-refractivity contribution in [2.45, 2.75) is 27.7 Å². The Kier molecular flexibility index (Phi) is 11.9. The summed E-state index contributed by atoms with van der Waals surface area (Å²) >= 11 is 0. The molecular weight excluding hydrogens is 560 g/mol. The zero-order valence-corrected chi connectivity index (χ0v) is 26.0. The maximum atomic E-state index is 13.4. The van der Waals surface area contributed by atoms with E-state index >= 15 is 0 Å². The van der Waals surface area contributed by atoms with Crippen molar-refractivity contribution in [1.82, 2.24) is 5.32 Å². The Balaban J connectivity index is 1.63. The third-order valence-electron chi connectivity index (χ3n) is 7.03. The molecule has 1 amide bonds. The normalized spacial score (nSPS) is 11.7. The summed E-state index contributed by atoms with van der Waals surface area (Å²) in [7, 11) is 0. The van der Waals surface area contributed by atoms with Crippen LogP contribution in [-0.4, -0.2) is 71.1 Å². The molecule has 4 N–H and O–H groups in total. The standard InChI is InChI=1S/C34H42N4O6/c1-5-36-28-19-30-26(17-22(28)3)33(27-18-23(4)29(37-6-2)20-31(27)44-30)24-9-7-8-10-25(24)34(40)43-21-32(39)38-12-14-42-16-15-41-13-11-35/h7-10,17-20,36H,5-6,11-16,21,35H2,1-4H3,(H,38,39)/b37-29+. The SMILES string of the molecule is CC/N=c1\cc2oc3cc(NCC)c(C)cc3c(-c3ccccc3C(=O)OCC(=O)NCCOCCOCCN)c-2cc1C. The number of amides is 1. The molecular formula is C34H42N4O6. The fraction of sp³-hybridized carbons (Fsp3) is 0.382. The van der Waals surface area contributed by atoms with Crippen molar-refractivity contribution < 1.29 is 28.2 Å². The lowest BCUT2D eigenvalue weighted by Gasteiger charge is -2.19. The third-order valence-corrected chi connectivity index (χ3v) is 7.03. The second-order valence-electron chi connectivity index (χ2n) is 10.3. The first-order valence-electron chi connectivity index (χ1n) is 15.0. The maximum Gasteiger partial charge on any atom is 0.339 e. The Bertz CT molecular complexity index is 1630. The summed E-state index contributed by atoms with van der Waals surface area (Å²) in [5.74, 6) is -0.351. The quantitative estimate of drug-likeness (QED) is 0.103. The lowest BCUT2D eigenvalue weighted by molar-refractivity contribution is -0.124. The van der Waals surface area contributed by atoms with Gasteiger partial charge in [0.1, 0.15) is 11.3 Å². The van der Waals surface area contributed by atoms with Crippen molar-refractivity contribution >= 4 is 28.5 Å². The molecule has 2 aromatic rings. The second-order valence-corrected chi connectivity index (χ2v) is 10.3. The van der Waals surface area contributed by atoms with Crippen molar-refractivity contribution in [3.8, 4) is 22.5 Å². The second kappa shape index (κ2) is 16.0. The molecule has 0 bridgehead atoms. The fourth-order valence-electron chi connectivity index (χ4n) is 5.01. The molecule has 0 aromatic heterocycles. The number of carbonyl (C=O) groups is 2. The predicted molar refractivity (Wildman–Crippen MR) is 172 cm³/mol. The summed E-state index contributed by atoms with van der Waals surface area (Å²) in [6.45, 7) is 11.5. The van der Waals surface area contributed by atoms with E-state index in [-0.39, 0.29) is 6.54 Å². The number of esters is 1. The number of carbonyl (C=O) groups excluding carboxylic acids is 2.